The van der Waals surface area contributed by atoms with Crippen molar-refractivity contribution in [1.29, 1.82) is 0 Å². The Bertz CT molecular complexity index is 916. The fourth-order valence-electron chi connectivity index (χ4n) is 2.30. The predicted octanol–water partition coefficient (Wildman–Crippen LogP) is 2.52. The Kier molecular flexibility index (Phi) is 4.79. The Morgan fingerprint density at radius 3 is 2.62 bits per heavy atom. The van der Waals surface area contributed by atoms with Crippen LogP contribution in [-0.2, 0) is 23.1 Å². The number of benzene rings is 1. The molecule has 0 spiro atoms. The average molecular weight is 362 g/mol. The van der Waals surface area contributed by atoms with Crippen molar-refractivity contribution in [1.82, 2.24) is 19.1 Å². The lowest BCUT2D eigenvalue weighted by atomic mass is 10.2. The van der Waals surface area contributed by atoms with Crippen molar-refractivity contribution in [2.24, 2.45) is 0 Å². The summed E-state index contributed by atoms with van der Waals surface area (Å²) in [5.74, 6) is 0. The van der Waals surface area contributed by atoms with E-state index in [2.05, 4.69) is 10.1 Å². The largest absolute Gasteiger partial charge is 0.267 e. The second kappa shape index (κ2) is 6.84. The summed E-state index contributed by atoms with van der Waals surface area (Å²) in [5.41, 5.74) is 1.07. The Balaban J connectivity index is 1.75. The van der Waals surface area contributed by atoms with Crippen LogP contribution in [0.5, 0.6) is 0 Å². The topological polar surface area (TPSA) is 68.1 Å². The van der Waals surface area contributed by atoms with Gasteiger partial charge in [-0.25, -0.2) is 13.4 Å². The van der Waals surface area contributed by atoms with Crippen LogP contribution in [0.2, 0.25) is 0 Å². The first-order chi connectivity index (χ1) is 11.4. The number of aryl methyl sites for hydroxylation is 1. The Morgan fingerprint density at radius 1 is 1.21 bits per heavy atom. The zero-order chi connectivity index (χ0) is 17.2. The third-order valence-corrected chi connectivity index (χ3v) is 6.21. The van der Waals surface area contributed by atoms with Crippen molar-refractivity contribution >= 4 is 21.4 Å². The van der Waals surface area contributed by atoms with Crippen LogP contribution in [0.25, 0.3) is 0 Å². The molecule has 0 amide bonds. The van der Waals surface area contributed by atoms with Crippen LogP contribution in [0, 0.1) is 6.92 Å². The second-order valence-corrected chi connectivity index (χ2v) is 8.83. The maximum Gasteiger partial charge on any atom is 0.246 e. The quantitative estimate of drug-likeness (QED) is 0.676. The highest BCUT2D eigenvalue weighted by Gasteiger charge is 2.23. The van der Waals surface area contributed by atoms with Crippen LogP contribution in [0.15, 0.2) is 53.8 Å². The van der Waals surface area contributed by atoms with Gasteiger partial charge in [0.15, 0.2) is 0 Å². The molecule has 126 valence electrons. The van der Waals surface area contributed by atoms with Gasteiger partial charge in [-0.15, -0.1) is 11.3 Å². The minimum absolute atomic E-state index is 0.196. The maximum absolute atomic E-state index is 12.7. The van der Waals surface area contributed by atoms with Crippen molar-refractivity contribution in [3.05, 3.63) is 64.4 Å². The number of nitrogens with zero attached hydrogens (tertiary/aromatic N) is 4. The summed E-state index contributed by atoms with van der Waals surface area (Å²) in [6.45, 7) is 2.74. The number of thiazole rings is 1. The van der Waals surface area contributed by atoms with Crippen molar-refractivity contribution < 1.29 is 8.42 Å². The molecule has 0 aliphatic rings. The van der Waals surface area contributed by atoms with E-state index in [9.17, 15) is 8.42 Å². The van der Waals surface area contributed by atoms with Gasteiger partial charge >= 0.3 is 0 Å². The molecule has 0 fully saturated rings. The van der Waals surface area contributed by atoms with E-state index in [0.717, 1.165) is 15.4 Å². The van der Waals surface area contributed by atoms with Gasteiger partial charge in [0.2, 0.25) is 10.0 Å². The van der Waals surface area contributed by atoms with Crippen LogP contribution < -0.4 is 0 Å². The Hall–Kier alpha value is -2.03. The van der Waals surface area contributed by atoms with Gasteiger partial charge in [0.25, 0.3) is 0 Å². The van der Waals surface area contributed by atoms with Crippen LogP contribution in [0.4, 0.5) is 0 Å². The molecule has 3 rings (SSSR count). The van der Waals surface area contributed by atoms with E-state index < -0.39 is 10.0 Å². The SMILES string of the molecule is Cc1ncc(CN(C)S(=O)(=O)c2cnn(Cc3ccccc3)c2)s1. The normalized spacial score (nSPS) is 12.0. The first kappa shape index (κ1) is 16.8. The Morgan fingerprint density at radius 2 is 1.96 bits per heavy atom. The minimum atomic E-state index is -3.57. The van der Waals surface area contributed by atoms with E-state index >= 15 is 0 Å². The van der Waals surface area contributed by atoms with E-state index in [1.54, 1.807) is 24.1 Å². The molecule has 6 nitrogen and oxygen atoms in total. The van der Waals surface area contributed by atoms with Gasteiger partial charge < -0.3 is 0 Å². The predicted molar refractivity (Wildman–Crippen MR) is 93.3 cm³/mol. The minimum Gasteiger partial charge on any atom is -0.267 e. The number of sulfonamides is 1. The summed E-state index contributed by atoms with van der Waals surface area (Å²) in [5, 5.41) is 5.10. The Labute approximate surface area is 145 Å². The van der Waals surface area contributed by atoms with E-state index in [1.807, 2.05) is 37.3 Å². The molecule has 0 atom stereocenters. The zero-order valence-corrected chi connectivity index (χ0v) is 15.1. The molecule has 0 aliphatic heterocycles. The van der Waals surface area contributed by atoms with E-state index in [-0.39, 0.29) is 4.90 Å². The monoisotopic (exact) mass is 362 g/mol. The zero-order valence-electron chi connectivity index (χ0n) is 13.5. The number of hydrogen-bond donors (Lipinski definition) is 0. The molecule has 0 saturated carbocycles. The van der Waals surface area contributed by atoms with Crippen molar-refractivity contribution in [3.63, 3.8) is 0 Å². The summed E-state index contributed by atoms with van der Waals surface area (Å²) in [7, 11) is -2.00. The smallest absolute Gasteiger partial charge is 0.246 e. The molecule has 2 aromatic heterocycles. The third kappa shape index (κ3) is 3.72. The van der Waals surface area contributed by atoms with Crippen LogP contribution in [0.3, 0.4) is 0 Å². The summed E-state index contributed by atoms with van der Waals surface area (Å²) in [4.78, 5) is 5.26. The molecule has 0 radical (unpaired) electrons. The molecule has 0 unspecified atom stereocenters. The first-order valence-corrected chi connectivity index (χ1v) is 9.65. The molecule has 24 heavy (non-hydrogen) atoms. The lowest BCUT2D eigenvalue weighted by Crippen LogP contribution is -2.25. The average Bonchev–Trinajstić information content (AvgIpc) is 3.18. The molecular formula is C16H18N4O2S2. The van der Waals surface area contributed by atoms with Gasteiger partial charge in [0.1, 0.15) is 4.90 Å². The van der Waals surface area contributed by atoms with Crippen molar-refractivity contribution in [2.45, 2.75) is 24.9 Å². The highest BCUT2D eigenvalue weighted by molar-refractivity contribution is 7.89. The molecule has 2 heterocycles. The summed E-state index contributed by atoms with van der Waals surface area (Å²) >= 11 is 1.50. The molecule has 3 aromatic rings. The van der Waals surface area contributed by atoms with Gasteiger partial charge in [-0.3, -0.25) is 4.68 Å². The second-order valence-electron chi connectivity index (χ2n) is 5.47. The molecule has 0 aliphatic carbocycles. The third-order valence-electron chi connectivity index (χ3n) is 3.55. The van der Waals surface area contributed by atoms with Gasteiger partial charge in [-0.2, -0.15) is 9.40 Å². The lowest BCUT2D eigenvalue weighted by molar-refractivity contribution is 0.469. The van der Waals surface area contributed by atoms with Gasteiger partial charge in [-0.1, -0.05) is 30.3 Å². The van der Waals surface area contributed by atoms with Crippen molar-refractivity contribution in [2.75, 3.05) is 7.05 Å². The first-order valence-electron chi connectivity index (χ1n) is 7.39. The van der Waals surface area contributed by atoms with Crippen LogP contribution in [-0.4, -0.2) is 34.5 Å². The molecule has 0 N–H and O–H groups in total. The molecule has 1 aromatic carbocycles. The maximum atomic E-state index is 12.7. The number of rotatable bonds is 6. The van der Waals surface area contributed by atoms with Crippen LogP contribution >= 0.6 is 11.3 Å². The molecule has 8 heteroatoms. The van der Waals surface area contributed by atoms with Gasteiger partial charge in [0.05, 0.1) is 17.7 Å². The highest BCUT2D eigenvalue weighted by Crippen LogP contribution is 2.19. The molecule has 0 bridgehead atoms. The fraction of sp³-hybridized carbons (Fsp3) is 0.250. The standard InChI is InChI=1S/C16H18N4O2S2/c1-13-17-8-15(23-13)11-19(2)24(21,22)16-9-18-20(12-16)10-14-6-4-3-5-7-14/h3-9,12H,10-11H2,1-2H3. The molecular weight excluding hydrogens is 344 g/mol. The summed E-state index contributed by atoms with van der Waals surface area (Å²) in [6.07, 6.45) is 4.67. The summed E-state index contributed by atoms with van der Waals surface area (Å²) < 4.78 is 28.3. The molecule has 0 saturated heterocycles. The highest BCUT2D eigenvalue weighted by atomic mass is 32.2. The lowest BCUT2D eigenvalue weighted by Gasteiger charge is -2.14. The van der Waals surface area contributed by atoms with Crippen molar-refractivity contribution in [3.8, 4) is 0 Å². The van der Waals surface area contributed by atoms with Crippen LogP contribution in [0.1, 0.15) is 15.4 Å². The van der Waals surface area contributed by atoms with E-state index in [0.29, 0.717) is 13.1 Å². The van der Waals surface area contributed by atoms with Gasteiger partial charge in [-0.05, 0) is 12.5 Å². The summed E-state index contributed by atoms with van der Waals surface area (Å²) in [6, 6.07) is 9.80. The van der Waals surface area contributed by atoms with E-state index in [4.69, 9.17) is 0 Å². The van der Waals surface area contributed by atoms with Gasteiger partial charge in [0, 0.05) is 30.9 Å². The van der Waals surface area contributed by atoms with E-state index in [1.165, 1.54) is 21.8 Å². The number of aromatic nitrogens is 3. The number of hydrogen-bond acceptors (Lipinski definition) is 5. The fourth-order valence-corrected chi connectivity index (χ4v) is 4.33.